The van der Waals surface area contributed by atoms with E-state index < -0.39 is 6.10 Å². The van der Waals surface area contributed by atoms with Gasteiger partial charge in [-0.2, -0.15) is 5.26 Å². The van der Waals surface area contributed by atoms with Gasteiger partial charge in [0.15, 0.2) is 0 Å². The van der Waals surface area contributed by atoms with Crippen LogP contribution in [0.15, 0.2) is 133 Å². The highest BCUT2D eigenvalue weighted by atomic mass is 35.5. The fourth-order valence-corrected chi connectivity index (χ4v) is 8.87. The lowest BCUT2D eigenvalue weighted by Gasteiger charge is -2.45. The van der Waals surface area contributed by atoms with Crippen molar-refractivity contribution in [3.63, 3.8) is 0 Å². The third-order valence-corrected chi connectivity index (χ3v) is 12.7. The molecule has 7 nitrogen and oxygen atoms in total. The maximum Gasteiger partial charge on any atom is 0.272 e. The van der Waals surface area contributed by atoms with E-state index >= 15 is 0 Å². The summed E-state index contributed by atoms with van der Waals surface area (Å²) in [5.74, 6) is 1.27. The fraction of sp³-hybridized carbons (Fsp3) is 0.255. The first kappa shape index (κ1) is 41.1. The Morgan fingerprint density at radius 2 is 1.55 bits per heavy atom. The molecule has 1 N–H and O–H groups in total. The summed E-state index contributed by atoms with van der Waals surface area (Å²) < 4.78 is 12.6. The van der Waals surface area contributed by atoms with Crippen LogP contribution in [0.4, 0.5) is 5.69 Å². The largest absolute Gasteiger partial charge is 0.489 e. The first-order valence-electron chi connectivity index (χ1n) is 20.6. The molecule has 0 bridgehead atoms. The number of nitrogens with zero attached hydrogens (tertiary/aromatic N) is 3. The molecule has 0 aromatic heterocycles. The Balaban J connectivity index is 0.980. The number of rotatable bonds is 13. The number of hydrogen-bond acceptors (Lipinski definition) is 6. The molecule has 2 aliphatic rings. The number of likely N-dealkylation sites (N-methyl/N-ethyl adjacent to an activating group) is 1. The molecular weight excluding hydrogens is 787 g/mol. The highest BCUT2D eigenvalue weighted by Gasteiger charge is 2.38. The average Bonchev–Trinajstić information content (AvgIpc) is 3.28. The molecule has 0 spiro atoms. The van der Waals surface area contributed by atoms with E-state index in [0.29, 0.717) is 33.7 Å². The minimum atomic E-state index is -0.777. The molecule has 0 aliphatic carbocycles. The Hall–Kier alpha value is -5.62. The summed E-state index contributed by atoms with van der Waals surface area (Å²) in [5, 5.41) is 14.0. The normalized spacial score (nSPS) is 17.2. The number of amides is 1. The zero-order valence-corrected chi connectivity index (χ0v) is 35.6. The minimum Gasteiger partial charge on any atom is -0.489 e. The molecule has 4 atom stereocenters. The summed E-state index contributed by atoms with van der Waals surface area (Å²) in [6.45, 7) is 6.52. The summed E-state index contributed by atoms with van der Waals surface area (Å²) in [6, 6.07) is 47.4. The van der Waals surface area contributed by atoms with Gasteiger partial charge in [0.25, 0.3) is 5.91 Å². The van der Waals surface area contributed by atoms with E-state index in [0.717, 1.165) is 60.3 Å². The Bertz CT molecular complexity index is 2490. The van der Waals surface area contributed by atoms with Crippen LogP contribution in [0, 0.1) is 11.3 Å². The number of carbonyl (C=O) groups excluding carboxylic acids is 1. The van der Waals surface area contributed by atoms with Gasteiger partial charge in [-0.15, -0.1) is 0 Å². The molecule has 6 aromatic rings. The monoisotopic (exact) mass is 834 g/mol. The van der Waals surface area contributed by atoms with E-state index in [9.17, 15) is 4.79 Å². The van der Waals surface area contributed by atoms with E-state index in [4.69, 9.17) is 37.9 Å². The topological polar surface area (TPSA) is 77.8 Å². The van der Waals surface area contributed by atoms with Gasteiger partial charge in [0.1, 0.15) is 18.1 Å². The number of anilines is 1. The predicted molar refractivity (Wildman–Crippen MR) is 241 cm³/mol. The van der Waals surface area contributed by atoms with Crippen LogP contribution in [0.1, 0.15) is 71.4 Å². The molecule has 0 saturated carbocycles. The first-order chi connectivity index (χ1) is 29.2. The lowest BCUT2D eigenvalue weighted by Crippen LogP contribution is -2.53. The van der Waals surface area contributed by atoms with Crippen molar-refractivity contribution in [1.29, 1.82) is 5.26 Å². The molecule has 9 heteroatoms. The molecule has 0 radical (unpaired) electrons. The van der Waals surface area contributed by atoms with E-state index in [2.05, 4.69) is 96.9 Å². The highest BCUT2D eigenvalue weighted by Crippen LogP contribution is 2.44. The van der Waals surface area contributed by atoms with Gasteiger partial charge in [-0.1, -0.05) is 115 Å². The maximum absolute atomic E-state index is 13.9. The molecule has 2 heterocycles. The van der Waals surface area contributed by atoms with E-state index in [1.807, 2.05) is 61.6 Å². The van der Waals surface area contributed by atoms with Crippen LogP contribution in [-0.2, 0) is 30.8 Å². The summed E-state index contributed by atoms with van der Waals surface area (Å²) in [6.07, 6.45) is 1.95. The average molecular weight is 836 g/mol. The second-order valence-electron chi connectivity index (χ2n) is 15.7. The smallest absolute Gasteiger partial charge is 0.272 e. The Morgan fingerprint density at radius 1 is 0.850 bits per heavy atom. The van der Waals surface area contributed by atoms with Gasteiger partial charge in [0.05, 0.1) is 27.4 Å². The van der Waals surface area contributed by atoms with Gasteiger partial charge in [-0.25, -0.2) is 0 Å². The Kier molecular flexibility index (Phi) is 12.6. The molecule has 304 valence electrons. The SMILES string of the molecule is CC[C@@H](c1ccccc1)N1Cc2cc3c(cc2C[C@H]1C(C)NCCc1ccc(-c2ccc(C#N)cc2)cc1)N(C)C(=O)[C@H](c1ccc(OCc2ccc(Cl)c(Cl)c2)cc1)O3. The van der Waals surface area contributed by atoms with Crippen molar-refractivity contribution < 1.29 is 14.3 Å². The molecule has 1 unspecified atom stereocenters. The number of nitriles is 1. The Labute approximate surface area is 363 Å². The van der Waals surface area contributed by atoms with Crippen molar-refractivity contribution in [2.45, 2.75) is 70.5 Å². The third-order valence-electron chi connectivity index (χ3n) is 12.0. The molecular formula is C51H48Cl2N4O3. The molecule has 0 fully saturated rings. The van der Waals surface area contributed by atoms with Crippen LogP contribution in [0.5, 0.6) is 11.5 Å². The first-order valence-corrected chi connectivity index (χ1v) is 21.3. The van der Waals surface area contributed by atoms with Gasteiger partial charge in [0.2, 0.25) is 6.10 Å². The van der Waals surface area contributed by atoms with Crippen LogP contribution < -0.4 is 19.7 Å². The highest BCUT2D eigenvalue weighted by molar-refractivity contribution is 6.42. The number of hydrogen-bond donors (Lipinski definition) is 1. The maximum atomic E-state index is 13.9. The van der Waals surface area contributed by atoms with Gasteiger partial charge < -0.3 is 19.7 Å². The van der Waals surface area contributed by atoms with Gasteiger partial charge in [0, 0.05) is 37.3 Å². The van der Waals surface area contributed by atoms with Crippen LogP contribution in [-0.4, -0.2) is 36.5 Å². The van der Waals surface area contributed by atoms with Gasteiger partial charge in [-0.3, -0.25) is 9.69 Å². The standard InChI is InChI=1S/C51H48Cl2N4O3/c1-4-46(39-8-6-5-7-9-39)57-31-42-29-49-48(56(3)51(58)50(60-49)40-19-21-43(22-20-40)59-32-36-14-23-44(52)45(53)26-36)28-41(42)27-47(57)33(2)55-25-24-34-10-15-37(16-11-34)38-17-12-35(30-54)13-18-38/h5-23,26,28-29,33,46-47,50,55H,4,24-25,27,31-32H2,1-3H3/t33?,46-,47-,50-/m0/s1. The molecule has 6 aromatic carbocycles. The van der Waals surface area contributed by atoms with Crippen LogP contribution in [0.2, 0.25) is 10.0 Å². The number of ether oxygens (including phenoxy) is 2. The van der Waals surface area contributed by atoms with Crippen LogP contribution in [0.3, 0.4) is 0 Å². The van der Waals surface area contributed by atoms with Crippen molar-refractivity contribution >= 4 is 34.8 Å². The van der Waals surface area contributed by atoms with Crippen molar-refractivity contribution in [2.24, 2.45) is 0 Å². The van der Waals surface area contributed by atoms with E-state index in [1.165, 1.54) is 22.3 Å². The van der Waals surface area contributed by atoms with Crippen molar-refractivity contribution in [2.75, 3.05) is 18.5 Å². The van der Waals surface area contributed by atoms with Crippen molar-refractivity contribution in [3.8, 4) is 28.7 Å². The molecule has 2 aliphatic heterocycles. The van der Waals surface area contributed by atoms with Gasteiger partial charge in [-0.05, 0) is 120 Å². The van der Waals surface area contributed by atoms with Crippen molar-refractivity contribution in [3.05, 3.63) is 182 Å². The van der Waals surface area contributed by atoms with Crippen molar-refractivity contribution in [1.82, 2.24) is 10.2 Å². The summed E-state index contributed by atoms with van der Waals surface area (Å²) >= 11 is 12.3. The van der Waals surface area contributed by atoms with E-state index in [-0.39, 0.29) is 24.0 Å². The molecule has 1 amide bonds. The van der Waals surface area contributed by atoms with Gasteiger partial charge >= 0.3 is 0 Å². The lowest BCUT2D eigenvalue weighted by atomic mass is 9.86. The zero-order chi connectivity index (χ0) is 41.8. The van der Waals surface area contributed by atoms with Crippen LogP contribution in [0.25, 0.3) is 11.1 Å². The van der Waals surface area contributed by atoms with E-state index in [1.54, 1.807) is 17.0 Å². The number of fused-ring (bicyclic) bond motifs is 2. The summed E-state index contributed by atoms with van der Waals surface area (Å²) in [7, 11) is 1.84. The number of nitrogens with one attached hydrogen (secondary N) is 1. The number of halogens is 2. The minimum absolute atomic E-state index is 0.115. The second kappa shape index (κ2) is 18.3. The molecule has 8 rings (SSSR count). The predicted octanol–water partition coefficient (Wildman–Crippen LogP) is 11.3. The number of carbonyl (C=O) groups is 1. The summed E-state index contributed by atoms with van der Waals surface area (Å²) in [4.78, 5) is 18.3. The zero-order valence-electron chi connectivity index (χ0n) is 34.1. The fourth-order valence-electron chi connectivity index (χ4n) is 8.54. The second-order valence-corrected chi connectivity index (χ2v) is 16.6. The summed E-state index contributed by atoms with van der Waals surface area (Å²) in [5.41, 5.74) is 10.4. The number of benzene rings is 6. The quantitative estimate of drug-likeness (QED) is 0.125. The third kappa shape index (κ3) is 8.94. The molecule has 60 heavy (non-hydrogen) atoms. The Morgan fingerprint density at radius 3 is 2.23 bits per heavy atom. The van der Waals surface area contributed by atoms with Crippen LogP contribution >= 0.6 is 23.2 Å². The molecule has 0 saturated heterocycles. The lowest BCUT2D eigenvalue weighted by molar-refractivity contribution is -0.126.